The number of amides is 1. The molecular weight excluding hydrogens is 342 g/mol. The smallest absolute Gasteiger partial charge is 0.223 e. The van der Waals surface area contributed by atoms with Crippen LogP contribution in [0.15, 0.2) is 5.38 Å². The fourth-order valence-electron chi connectivity index (χ4n) is 2.85. The van der Waals surface area contributed by atoms with Gasteiger partial charge in [-0.1, -0.05) is 11.3 Å². The maximum atomic E-state index is 11.2. The van der Waals surface area contributed by atoms with Crippen LogP contribution in [0.3, 0.4) is 0 Å². The number of thiazole rings is 2. The van der Waals surface area contributed by atoms with Gasteiger partial charge in [0.05, 0.1) is 16.3 Å². The number of nitrogens with one attached hydrogen (secondary N) is 3. The Labute approximate surface area is 150 Å². The van der Waals surface area contributed by atoms with Gasteiger partial charge in [-0.15, -0.1) is 11.3 Å². The van der Waals surface area contributed by atoms with Crippen LogP contribution in [0.2, 0.25) is 0 Å². The zero-order chi connectivity index (χ0) is 16.9. The molecule has 0 unspecified atom stereocenters. The third-order valence-corrected chi connectivity index (χ3v) is 6.00. The van der Waals surface area contributed by atoms with Crippen LogP contribution >= 0.6 is 22.7 Å². The van der Waals surface area contributed by atoms with Crippen molar-refractivity contribution in [2.45, 2.75) is 33.1 Å². The van der Waals surface area contributed by atoms with E-state index in [4.69, 9.17) is 0 Å². The number of carbonyl (C=O) groups excluding carboxylic acids is 1. The van der Waals surface area contributed by atoms with Crippen LogP contribution in [0.1, 0.15) is 31.9 Å². The molecule has 0 radical (unpaired) electrons. The Morgan fingerprint density at radius 1 is 1.33 bits per heavy atom. The number of carbonyl (C=O) groups is 1. The van der Waals surface area contributed by atoms with Crippen LogP contribution in [-0.4, -0.2) is 35.5 Å². The van der Waals surface area contributed by atoms with Crippen molar-refractivity contribution in [1.29, 1.82) is 0 Å². The Balaban J connectivity index is 1.56. The lowest BCUT2D eigenvalue weighted by Gasteiger charge is -2.22. The Morgan fingerprint density at radius 2 is 2.12 bits per heavy atom. The SMILES string of the molecule is CC(=O)Nc1nc(C)c(-c2csc(NCCC3CCNCC3)n2)s1. The maximum Gasteiger partial charge on any atom is 0.223 e. The van der Waals surface area contributed by atoms with E-state index in [1.807, 2.05) is 12.3 Å². The highest BCUT2D eigenvalue weighted by Gasteiger charge is 2.15. The average Bonchev–Trinajstić information content (AvgIpc) is 3.14. The second-order valence-corrected chi connectivity index (χ2v) is 7.92. The van der Waals surface area contributed by atoms with Gasteiger partial charge < -0.3 is 16.0 Å². The van der Waals surface area contributed by atoms with Gasteiger partial charge in [0.1, 0.15) is 0 Å². The molecule has 1 fully saturated rings. The molecule has 24 heavy (non-hydrogen) atoms. The van der Waals surface area contributed by atoms with E-state index in [-0.39, 0.29) is 5.91 Å². The second kappa shape index (κ2) is 8.04. The molecule has 3 N–H and O–H groups in total. The largest absolute Gasteiger partial charge is 0.361 e. The molecule has 0 aromatic carbocycles. The van der Waals surface area contributed by atoms with Crippen molar-refractivity contribution in [1.82, 2.24) is 15.3 Å². The van der Waals surface area contributed by atoms with Gasteiger partial charge in [0.25, 0.3) is 0 Å². The van der Waals surface area contributed by atoms with Crippen molar-refractivity contribution in [2.24, 2.45) is 5.92 Å². The lowest BCUT2D eigenvalue weighted by atomic mass is 9.95. The summed E-state index contributed by atoms with van der Waals surface area (Å²) in [6.45, 7) is 6.70. The van der Waals surface area contributed by atoms with Gasteiger partial charge in [0.2, 0.25) is 5.91 Å². The third kappa shape index (κ3) is 4.52. The molecule has 0 bridgehead atoms. The molecule has 0 spiro atoms. The molecule has 0 saturated carbocycles. The van der Waals surface area contributed by atoms with Gasteiger partial charge in [-0.25, -0.2) is 9.97 Å². The molecular formula is C16H23N5OS2. The van der Waals surface area contributed by atoms with E-state index < -0.39 is 0 Å². The summed E-state index contributed by atoms with van der Waals surface area (Å²) in [5.41, 5.74) is 1.83. The minimum absolute atomic E-state index is 0.103. The van der Waals surface area contributed by atoms with Crippen LogP contribution < -0.4 is 16.0 Å². The normalized spacial score (nSPS) is 15.4. The monoisotopic (exact) mass is 365 g/mol. The number of anilines is 2. The first-order valence-corrected chi connectivity index (χ1v) is 9.97. The number of aryl methyl sites for hydroxylation is 1. The summed E-state index contributed by atoms with van der Waals surface area (Å²) in [4.78, 5) is 21.2. The summed E-state index contributed by atoms with van der Waals surface area (Å²) in [5, 5.41) is 13.2. The number of nitrogens with zero attached hydrogens (tertiary/aromatic N) is 2. The molecule has 1 aliphatic rings. The predicted octanol–water partition coefficient (Wildman–Crippen LogP) is 3.34. The van der Waals surface area contributed by atoms with Crippen molar-refractivity contribution in [3.8, 4) is 10.6 Å². The van der Waals surface area contributed by atoms with Crippen LogP contribution in [0.4, 0.5) is 10.3 Å². The molecule has 1 amide bonds. The van der Waals surface area contributed by atoms with E-state index in [2.05, 4.69) is 25.9 Å². The fraction of sp³-hybridized carbons (Fsp3) is 0.562. The number of hydrogen-bond donors (Lipinski definition) is 3. The standard InChI is InChI=1S/C16H23N5OS2/c1-10-14(24-16(19-10)20-11(2)22)13-9-23-15(21-13)18-8-5-12-3-6-17-7-4-12/h9,12,17H,3-8H2,1-2H3,(H,18,21)(H,19,20,22). The van der Waals surface area contributed by atoms with E-state index in [1.54, 1.807) is 11.3 Å². The van der Waals surface area contributed by atoms with Crippen molar-refractivity contribution >= 4 is 38.8 Å². The summed E-state index contributed by atoms with van der Waals surface area (Å²) < 4.78 is 0. The summed E-state index contributed by atoms with van der Waals surface area (Å²) >= 11 is 3.09. The van der Waals surface area contributed by atoms with E-state index >= 15 is 0 Å². The van der Waals surface area contributed by atoms with Crippen molar-refractivity contribution in [3.05, 3.63) is 11.1 Å². The molecule has 1 saturated heterocycles. The molecule has 3 heterocycles. The lowest BCUT2D eigenvalue weighted by Crippen LogP contribution is -2.28. The minimum atomic E-state index is -0.103. The topological polar surface area (TPSA) is 78.9 Å². The van der Waals surface area contributed by atoms with E-state index in [0.717, 1.165) is 46.9 Å². The fourth-order valence-corrected chi connectivity index (χ4v) is 4.63. The van der Waals surface area contributed by atoms with Gasteiger partial charge in [-0.3, -0.25) is 4.79 Å². The molecule has 3 rings (SSSR count). The molecule has 6 nitrogen and oxygen atoms in total. The first-order chi connectivity index (χ1) is 11.6. The van der Waals surface area contributed by atoms with Gasteiger partial charge in [-0.2, -0.15) is 0 Å². The van der Waals surface area contributed by atoms with Gasteiger partial charge >= 0.3 is 0 Å². The summed E-state index contributed by atoms with van der Waals surface area (Å²) in [6.07, 6.45) is 3.75. The molecule has 8 heteroatoms. The highest BCUT2D eigenvalue weighted by molar-refractivity contribution is 7.19. The van der Waals surface area contributed by atoms with E-state index in [0.29, 0.717) is 5.13 Å². The Bertz CT molecular complexity index is 690. The highest BCUT2D eigenvalue weighted by atomic mass is 32.1. The average molecular weight is 366 g/mol. The van der Waals surface area contributed by atoms with Gasteiger partial charge in [-0.05, 0) is 45.2 Å². The Morgan fingerprint density at radius 3 is 2.88 bits per heavy atom. The molecule has 2 aromatic heterocycles. The molecule has 2 aromatic rings. The zero-order valence-electron chi connectivity index (χ0n) is 14.0. The van der Waals surface area contributed by atoms with Crippen molar-refractivity contribution < 1.29 is 4.79 Å². The molecule has 1 aliphatic heterocycles. The zero-order valence-corrected chi connectivity index (χ0v) is 15.6. The Kier molecular flexibility index (Phi) is 5.80. The van der Waals surface area contributed by atoms with Crippen LogP contribution in [0.25, 0.3) is 10.6 Å². The number of piperidine rings is 1. The van der Waals surface area contributed by atoms with Crippen LogP contribution in [0.5, 0.6) is 0 Å². The second-order valence-electron chi connectivity index (χ2n) is 6.06. The van der Waals surface area contributed by atoms with Gasteiger partial charge in [0, 0.05) is 18.8 Å². The van der Waals surface area contributed by atoms with Crippen molar-refractivity contribution in [3.63, 3.8) is 0 Å². The third-order valence-electron chi connectivity index (χ3n) is 4.10. The number of hydrogen-bond acceptors (Lipinski definition) is 7. The minimum Gasteiger partial charge on any atom is -0.361 e. The molecule has 0 atom stereocenters. The maximum absolute atomic E-state index is 11.2. The predicted molar refractivity (Wildman–Crippen MR) is 101 cm³/mol. The van der Waals surface area contributed by atoms with Gasteiger partial charge in [0.15, 0.2) is 10.3 Å². The van der Waals surface area contributed by atoms with E-state index in [9.17, 15) is 4.79 Å². The van der Waals surface area contributed by atoms with E-state index in [1.165, 1.54) is 37.5 Å². The first kappa shape index (κ1) is 17.3. The summed E-state index contributed by atoms with van der Waals surface area (Å²) in [5.74, 6) is 0.719. The number of rotatable bonds is 6. The summed E-state index contributed by atoms with van der Waals surface area (Å²) in [7, 11) is 0. The first-order valence-electron chi connectivity index (χ1n) is 8.27. The quantitative estimate of drug-likeness (QED) is 0.732. The highest BCUT2D eigenvalue weighted by Crippen LogP contribution is 2.34. The van der Waals surface area contributed by atoms with Crippen molar-refractivity contribution in [2.75, 3.05) is 30.3 Å². The molecule has 130 valence electrons. The number of aromatic nitrogens is 2. The van der Waals surface area contributed by atoms with Crippen LogP contribution in [0, 0.1) is 12.8 Å². The molecule has 0 aliphatic carbocycles. The lowest BCUT2D eigenvalue weighted by molar-refractivity contribution is -0.114. The van der Waals surface area contributed by atoms with Crippen LogP contribution in [-0.2, 0) is 4.79 Å². The Hall–Kier alpha value is -1.51. The summed E-state index contributed by atoms with van der Waals surface area (Å²) in [6, 6.07) is 0.